The summed E-state index contributed by atoms with van der Waals surface area (Å²) in [7, 11) is 0. The van der Waals surface area contributed by atoms with Crippen molar-refractivity contribution in [2.24, 2.45) is 0 Å². The largest absolute Gasteiger partial charge is 0.300 e. The Morgan fingerprint density at radius 2 is 1.38 bits per heavy atom. The molecule has 3 nitrogen and oxygen atoms in total. The third kappa shape index (κ3) is 4.18. The highest BCUT2D eigenvalue weighted by molar-refractivity contribution is 9.10. The zero-order valence-corrected chi connectivity index (χ0v) is 14.5. The summed E-state index contributed by atoms with van der Waals surface area (Å²) in [5, 5.41) is 0. The number of rotatable bonds is 2. The van der Waals surface area contributed by atoms with Crippen molar-refractivity contribution in [2.75, 3.05) is 0 Å². The minimum absolute atomic E-state index is 0.952. The molecule has 4 rings (SSSR count). The van der Waals surface area contributed by atoms with E-state index < -0.39 is 0 Å². The maximum Gasteiger partial charge on any atom is 0.144 e. The van der Waals surface area contributed by atoms with Gasteiger partial charge in [0.15, 0.2) is 0 Å². The molecule has 2 heterocycles. The van der Waals surface area contributed by atoms with Crippen LogP contribution in [0.1, 0.15) is 0 Å². The zero-order valence-electron chi connectivity index (χ0n) is 13.0. The topological polar surface area (TPSA) is 30.7 Å². The van der Waals surface area contributed by atoms with Crippen LogP contribution in [-0.4, -0.2) is 14.5 Å². The average Bonchev–Trinajstić information content (AvgIpc) is 3.15. The maximum atomic E-state index is 4.44. The Balaban J connectivity index is 0.000000238. The van der Waals surface area contributed by atoms with Gasteiger partial charge in [-0.25, -0.2) is 4.98 Å². The SMILES string of the molecule is Brc1ccc(-c2nccn2-c2ccccc2)cc1.c1ccncc1. The molecular formula is C20H16BrN3. The minimum Gasteiger partial charge on any atom is -0.300 e. The zero-order chi connectivity index (χ0) is 16.6. The Kier molecular flexibility index (Phi) is 5.53. The molecule has 0 saturated carbocycles. The lowest BCUT2D eigenvalue weighted by Gasteiger charge is -2.07. The first-order chi connectivity index (χ1) is 11.8. The van der Waals surface area contributed by atoms with Crippen molar-refractivity contribution in [1.29, 1.82) is 0 Å². The summed E-state index contributed by atoms with van der Waals surface area (Å²) in [4.78, 5) is 8.22. The number of para-hydroxylation sites is 1. The molecule has 0 aliphatic heterocycles. The van der Waals surface area contributed by atoms with Crippen LogP contribution >= 0.6 is 15.9 Å². The van der Waals surface area contributed by atoms with Crippen LogP contribution < -0.4 is 0 Å². The van der Waals surface area contributed by atoms with E-state index in [0.29, 0.717) is 0 Å². The van der Waals surface area contributed by atoms with Gasteiger partial charge in [0.1, 0.15) is 5.82 Å². The quantitative estimate of drug-likeness (QED) is 0.469. The summed E-state index contributed by atoms with van der Waals surface area (Å²) in [6.07, 6.45) is 7.30. The van der Waals surface area contributed by atoms with Gasteiger partial charge in [-0.3, -0.25) is 9.55 Å². The number of pyridine rings is 1. The summed E-state index contributed by atoms with van der Waals surface area (Å²) in [6.45, 7) is 0. The van der Waals surface area contributed by atoms with Crippen molar-refractivity contribution < 1.29 is 0 Å². The van der Waals surface area contributed by atoms with Crippen molar-refractivity contribution in [3.63, 3.8) is 0 Å². The molecule has 4 aromatic rings. The van der Waals surface area contributed by atoms with E-state index in [2.05, 4.69) is 54.7 Å². The van der Waals surface area contributed by atoms with Gasteiger partial charge in [-0.1, -0.05) is 52.3 Å². The molecule has 24 heavy (non-hydrogen) atoms. The summed E-state index contributed by atoms with van der Waals surface area (Å²) >= 11 is 3.44. The molecule has 2 aromatic carbocycles. The Morgan fingerprint density at radius 1 is 0.708 bits per heavy atom. The van der Waals surface area contributed by atoms with Crippen LogP contribution in [0.15, 0.2) is 102 Å². The van der Waals surface area contributed by atoms with Crippen molar-refractivity contribution in [1.82, 2.24) is 14.5 Å². The lowest BCUT2D eigenvalue weighted by molar-refractivity contribution is 1.07. The monoisotopic (exact) mass is 377 g/mol. The van der Waals surface area contributed by atoms with Crippen LogP contribution in [0.4, 0.5) is 0 Å². The predicted molar refractivity (Wildman–Crippen MR) is 101 cm³/mol. The van der Waals surface area contributed by atoms with E-state index in [1.165, 1.54) is 0 Å². The van der Waals surface area contributed by atoms with Crippen molar-refractivity contribution in [2.45, 2.75) is 0 Å². The number of benzene rings is 2. The fourth-order valence-corrected chi connectivity index (χ4v) is 2.49. The number of nitrogens with zero attached hydrogens (tertiary/aromatic N) is 3. The van der Waals surface area contributed by atoms with E-state index in [0.717, 1.165) is 21.5 Å². The third-order valence-electron chi connectivity index (χ3n) is 3.34. The van der Waals surface area contributed by atoms with Crippen LogP contribution in [-0.2, 0) is 0 Å². The number of aromatic nitrogens is 3. The highest BCUT2D eigenvalue weighted by Gasteiger charge is 2.06. The van der Waals surface area contributed by atoms with Crippen LogP contribution in [0.5, 0.6) is 0 Å². The first-order valence-corrected chi connectivity index (χ1v) is 8.33. The van der Waals surface area contributed by atoms with E-state index in [1.807, 2.05) is 60.9 Å². The van der Waals surface area contributed by atoms with Gasteiger partial charge in [0, 0.05) is 40.5 Å². The molecule has 0 bridgehead atoms. The van der Waals surface area contributed by atoms with Gasteiger partial charge in [0.2, 0.25) is 0 Å². The Bertz CT molecular complexity index is 830. The van der Waals surface area contributed by atoms with Gasteiger partial charge in [-0.15, -0.1) is 0 Å². The maximum absolute atomic E-state index is 4.44. The molecule has 4 heteroatoms. The van der Waals surface area contributed by atoms with Gasteiger partial charge in [-0.2, -0.15) is 0 Å². The van der Waals surface area contributed by atoms with Crippen LogP contribution in [0.25, 0.3) is 17.1 Å². The van der Waals surface area contributed by atoms with Crippen molar-refractivity contribution in [3.8, 4) is 17.1 Å². The minimum atomic E-state index is 0.952. The van der Waals surface area contributed by atoms with E-state index in [9.17, 15) is 0 Å². The molecule has 2 aromatic heterocycles. The molecule has 0 atom stereocenters. The Morgan fingerprint density at radius 3 is 1.96 bits per heavy atom. The fourth-order valence-electron chi connectivity index (χ4n) is 2.23. The molecule has 118 valence electrons. The molecular weight excluding hydrogens is 362 g/mol. The smallest absolute Gasteiger partial charge is 0.144 e. The Labute approximate surface area is 149 Å². The van der Waals surface area contributed by atoms with Gasteiger partial charge in [0.05, 0.1) is 0 Å². The summed E-state index contributed by atoms with van der Waals surface area (Å²) in [5.74, 6) is 0.952. The second-order valence-electron chi connectivity index (χ2n) is 4.99. The van der Waals surface area contributed by atoms with Gasteiger partial charge >= 0.3 is 0 Å². The summed E-state index contributed by atoms with van der Waals surface area (Å²) in [6, 6.07) is 24.1. The number of halogens is 1. The predicted octanol–water partition coefficient (Wildman–Crippen LogP) is 5.38. The van der Waals surface area contributed by atoms with Crippen molar-refractivity contribution >= 4 is 15.9 Å². The number of hydrogen-bond acceptors (Lipinski definition) is 2. The molecule has 0 radical (unpaired) electrons. The first-order valence-electron chi connectivity index (χ1n) is 7.54. The van der Waals surface area contributed by atoms with Crippen molar-refractivity contribution in [3.05, 3.63) is 102 Å². The van der Waals surface area contributed by atoms with Gasteiger partial charge in [-0.05, 0) is 36.4 Å². The van der Waals surface area contributed by atoms with Gasteiger partial charge in [0.25, 0.3) is 0 Å². The molecule has 0 spiro atoms. The molecule has 0 unspecified atom stereocenters. The average molecular weight is 378 g/mol. The first kappa shape index (κ1) is 16.1. The lowest BCUT2D eigenvalue weighted by Crippen LogP contribution is -1.95. The molecule has 0 N–H and O–H groups in total. The third-order valence-corrected chi connectivity index (χ3v) is 3.87. The highest BCUT2D eigenvalue weighted by Crippen LogP contribution is 2.22. The van der Waals surface area contributed by atoms with Crippen LogP contribution in [0.2, 0.25) is 0 Å². The molecule has 0 amide bonds. The number of imidazole rings is 1. The normalized spacial score (nSPS) is 9.88. The fraction of sp³-hybridized carbons (Fsp3) is 0. The number of hydrogen-bond donors (Lipinski definition) is 0. The van der Waals surface area contributed by atoms with E-state index in [4.69, 9.17) is 0 Å². The molecule has 0 saturated heterocycles. The van der Waals surface area contributed by atoms with E-state index >= 15 is 0 Å². The van der Waals surface area contributed by atoms with Gasteiger partial charge < -0.3 is 0 Å². The molecule has 0 fully saturated rings. The van der Waals surface area contributed by atoms with E-state index in [-0.39, 0.29) is 0 Å². The lowest BCUT2D eigenvalue weighted by atomic mass is 10.2. The molecule has 0 aliphatic rings. The molecule has 0 aliphatic carbocycles. The second kappa shape index (κ2) is 8.22. The highest BCUT2D eigenvalue weighted by atomic mass is 79.9. The van der Waals surface area contributed by atoms with Crippen LogP contribution in [0, 0.1) is 0 Å². The summed E-state index contributed by atoms with van der Waals surface area (Å²) < 4.78 is 3.16. The summed E-state index contributed by atoms with van der Waals surface area (Å²) in [5.41, 5.74) is 2.22. The van der Waals surface area contributed by atoms with E-state index in [1.54, 1.807) is 12.4 Å². The van der Waals surface area contributed by atoms with Crippen LogP contribution in [0.3, 0.4) is 0 Å². The standard InChI is InChI=1S/C15H11BrN2.C5H5N/c16-13-8-6-12(7-9-13)15-17-10-11-18(15)14-4-2-1-3-5-14;1-2-4-6-5-3-1/h1-11H;1-5H. The Hall–Kier alpha value is -2.72. The second-order valence-corrected chi connectivity index (χ2v) is 5.90.